The smallest absolute Gasteiger partial charge is 0.166 e. The highest BCUT2D eigenvalue weighted by molar-refractivity contribution is 5.75. The van der Waals surface area contributed by atoms with Crippen molar-refractivity contribution in [2.45, 2.75) is 51.1 Å². The lowest BCUT2D eigenvalue weighted by atomic mass is 9.94. The molecule has 0 saturated carbocycles. The van der Waals surface area contributed by atoms with Crippen molar-refractivity contribution >= 4 is 0 Å². The van der Waals surface area contributed by atoms with Gasteiger partial charge in [0, 0.05) is 18.4 Å². The third-order valence-electron chi connectivity index (χ3n) is 7.21. The molecule has 2 heterocycles. The van der Waals surface area contributed by atoms with Crippen molar-refractivity contribution in [2.75, 3.05) is 26.4 Å². The number of ether oxygens (including phenoxy) is 4. The fourth-order valence-corrected chi connectivity index (χ4v) is 4.92. The zero-order chi connectivity index (χ0) is 25.0. The molecule has 0 amide bonds. The van der Waals surface area contributed by atoms with Gasteiger partial charge in [0.2, 0.25) is 0 Å². The van der Waals surface area contributed by atoms with E-state index in [1.807, 2.05) is 13.8 Å². The van der Waals surface area contributed by atoms with Crippen LogP contribution in [0.15, 0.2) is 66.7 Å². The Morgan fingerprint density at radius 2 is 1.00 bits per heavy atom. The van der Waals surface area contributed by atoms with Gasteiger partial charge >= 0.3 is 0 Å². The topological polar surface area (TPSA) is 36.9 Å². The lowest BCUT2D eigenvalue weighted by molar-refractivity contribution is -0.146. The average molecular weight is 483 g/mol. The molecular weight excluding hydrogens is 448 g/mol. The van der Waals surface area contributed by atoms with Crippen LogP contribution in [0.4, 0.5) is 0 Å². The molecule has 4 heteroatoms. The van der Waals surface area contributed by atoms with Crippen LogP contribution in [0.25, 0.3) is 22.3 Å². The quantitative estimate of drug-likeness (QED) is 0.349. The molecule has 2 fully saturated rings. The van der Waals surface area contributed by atoms with Crippen molar-refractivity contribution < 1.29 is 18.9 Å². The molecule has 2 aliphatic heterocycles. The van der Waals surface area contributed by atoms with Crippen LogP contribution in [0.3, 0.4) is 0 Å². The minimum atomic E-state index is -0.458. The largest absolute Gasteiger partial charge is 0.348 e. The van der Waals surface area contributed by atoms with Gasteiger partial charge in [0.15, 0.2) is 11.6 Å². The van der Waals surface area contributed by atoms with E-state index in [1.54, 1.807) is 0 Å². The normalized spacial score (nSPS) is 18.2. The minimum Gasteiger partial charge on any atom is -0.348 e. The third kappa shape index (κ3) is 5.88. The molecule has 2 aliphatic rings. The molecule has 0 radical (unpaired) electrons. The molecule has 0 spiro atoms. The SMILES string of the molecule is C#Cc1cc(-c2ccc(CCC3(C)OCCO3)cc2)cc(-c2ccc(CCC3(C)OCCO3)cc2)c1. The van der Waals surface area contributed by atoms with E-state index in [4.69, 9.17) is 25.4 Å². The monoisotopic (exact) mass is 482 g/mol. The molecule has 0 bridgehead atoms. The molecule has 3 aromatic rings. The summed E-state index contributed by atoms with van der Waals surface area (Å²) in [6.07, 6.45) is 9.33. The van der Waals surface area contributed by atoms with E-state index in [0.717, 1.165) is 53.5 Å². The summed E-state index contributed by atoms with van der Waals surface area (Å²) in [5.41, 5.74) is 7.96. The van der Waals surface area contributed by atoms with E-state index in [-0.39, 0.29) is 0 Å². The Morgan fingerprint density at radius 1 is 0.611 bits per heavy atom. The summed E-state index contributed by atoms with van der Waals surface area (Å²) < 4.78 is 22.9. The summed E-state index contributed by atoms with van der Waals surface area (Å²) in [7, 11) is 0. The standard InChI is InChI=1S/C32H34O4/c1-4-24-21-29(27-9-5-25(6-10-27)13-15-31(2)33-17-18-34-31)23-30(22-24)28-11-7-26(8-12-28)14-16-32(3)35-19-20-36-32/h1,5-12,21-23H,13-20H2,2-3H3. The predicted octanol–water partition coefficient (Wildman–Crippen LogP) is 6.39. The van der Waals surface area contributed by atoms with Crippen molar-refractivity contribution in [3.05, 3.63) is 83.4 Å². The molecule has 0 aromatic heterocycles. The first-order chi connectivity index (χ1) is 17.4. The Morgan fingerprint density at radius 3 is 1.36 bits per heavy atom. The van der Waals surface area contributed by atoms with E-state index in [9.17, 15) is 0 Å². The Hall–Kier alpha value is -2.94. The Bertz CT molecular complexity index is 1120. The first-order valence-corrected chi connectivity index (χ1v) is 12.8. The summed E-state index contributed by atoms with van der Waals surface area (Å²) >= 11 is 0. The Kier molecular flexibility index (Phi) is 7.27. The van der Waals surface area contributed by atoms with Gasteiger partial charge in [-0.3, -0.25) is 0 Å². The van der Waals surface area contributed by atoms with Crippen LogP contribution in [0, 0.1) is 12.3 Å². The zero-order valence-corrected chi connectivity index (χ0v) is 21.2. The fraction of sp³-hybridized carbons (Fsp3) is 0.375. The van der Waals surface area contributed by atoms with Crippen LogP contribution in [-0.4, -0.2) is 38.0 Å². The highest BCUT2D eigenvalue weighted by atomic mass is 16.7. The van der Waals surface area contributed by atoms with Gasteiger partial charge in [-0.2, -0.15) is 0 Å². The lowest BCUT2D eigenvalue weighted by Gasteiger charge is -2.22. The number of hydrogen-bond donors (Lipinski definition) is 0. The summed E-state index contributed by atoms with van der Waals surface area (Å²) in [5.74, 6) is 1.91. The number of rotatable bonds is 8. The van der Waals surface area contributed by atoms with Crippen LogP contribution < -0.4 is 0 Å². The van der Waals surface area contributed by atoms with Crippen LogP contribution in [0.1, 0.15) is 43.4 Å². The second kappa shape index (κ2) is 10.6. The van der Waals surface area contributed by atoms with E-state index in [2.05, 4.69) is 72.7 Å². The van der Waals surface area contributed by atoms with Gasteiger partial charge in [-0.1, -0.05) is 54.5 Å². The van der Waals surface area contributed by atoms with Crippen LogP contribution in [0.2, 0.25) is 0 Å². The minimum absolute atomic E-state index is 0.458. The maximum absolute atomic E-state index is 5.82. The molecule has 3 aromatic carbocycles. The molecule has 186 valence electrons. The van der Waals surface area contributed by atoms with Crippen LogP contribution in [-0.2, 0) is 31.8 Å². The molecular formula is C32H34O4. The molecule has 0 unspecified atom stereocenters. The van der Waals surface area contributed by atoms with Gasteiger partial charge in [0.25, 0.3) is 0 Å². The third-order valence-corrected chi connectivity index (χ3v) is 7.21. The average Bonchev–Trinajstić information content (AvgIpc) is 3.55. The first kappa shape index (κ1) is 24.7. The van der Waals surface area contributed by atoms with E-state index < -0.39 is 11.6 Å². The van der Waals surface area contributed by atoms with Crippen molar-refractivity contribution in [1.29, 1.82) is 0 Å². The number of hydrogen-bond acceptors (Lipinski definition) is 4. The molecule has 0 aliphatic carbocycles. The molecule has 36 heavy (non-hydrogen) atoms. The second-order valence-electron chi connectivity index (χ2n) is 10.00. The Balaban J connectivity index is 1.29. The lowest BCUT2D eigenvalue weighted by Crippen LogP contribution is -2.26. The van der Waals surface area contributed by atoms with Crippen molar-refractivity contribution in [3.8, 4) is 34.6 Å². The highest BCUT2D eigenvalue weighted by Crippen LogP contribution is 2.31. The van der Waals surface area contributed by atoms with Gasteiger partial charge in [-0.15, -0.1) is 6.42 Å². The molecule has 5 rings (SSSR count). The first-order valence-electron chi connectivity index (χ1n) is 12.8. The summed E-state index contributed by atoms with van der Waals surface area (Å²) in [5, 5.41) is 0. The summed E-state index contributed by atoms with van der Waals surface area (Å²) in [6.45, 7) is 6.74. The summed E-state index contributed by atoms with van der Waals surface area (Å²) in [4.78, 5) is 0. The predicted molar refractivity (Wildman–Crippen MR) is 143 cm³/mol. The number of terminal acetylenes is 1. The Labute approximate surface area is 214 Å². The second-order valence-corrected chi connectivity index (χ2v) is 10.00. The zero-order valence-electron chi connectivity index (χ0n) is 21.2. The summed E-state index contributed by atoms with van der Waals surface area (Å²) in [6, 6.07) is 23.8. The van der Waals surface area contributed by atoms with Crippen LogP contribution >= 0.6 is 0 Å². The molecule has 0 atom stereocenters. The molecule has 0 N–H and O–H groups in total. The fourth-order valence-electron chi connectivity index (χ4n) is 4.92. The van der Waals surface area contributed by atoms with E-state index >= 15 is 0 Å². The number of aryl methyl sites for hydroxylation is 2. The van der Waals surface area contributed by atoms with Gasteiger partial charge in [0.1, 0.15) is 0 Å². The number of benzene rings is 3. The van der Waals surface area contributed by atoms with E-state index in [0.29, 0.717) is 26.4 Å². The maximum atomic E-state index is 5.82. The van der Waals surface area contributed by atoms with Gasteiger partial charge < -0.3 is 18.9 Å². The molecule has 2 saturated heterocycles. The van der Waals surface area contributed by atoms with Crippen molar-refractivity contribution in [3.63, 3.8) is 0 Å². The van der Waals surface area contributed by atoms with E-state index in [1.165, 1.54) is 11.1 Å². The van der Waals surface area contributed by atoms with Gasteiger partial charge in [-0.25, -0.2) is 0 Å². The highest BCUT2D eigenvalue weighted by Gasteiger charge is 2.31. The van der Waals surface area contributed by atoms with Gasteiger partial charge in [-0.05, 0) is 78.3 Å². The van der Waals surface area contributed by atoms with Crippen molar-refractivity contribution in [1.82, 2.24) is 0 Å². The molecule has 4 nitrogen and oxygen atoms in total. The van der Waals surface area contributed by atoms with Gasteiger partial charge in [0.05, 0.1) is 26.4 Å². The maximum Gasteiger partial charge on any atom is 0.166 e. The van der Waals surface area contributed by atoms with Crippen molar-refractivity contribution in [2.24, 2.45) is 0 Å². The van der Waals surface area contributed by atoms with Crippen LogP contribution in [0.5, 0.6) is 0 Å².